The summed E-state index contributed by atoms with van der Waals surface area (Å²) in [6.07, 6.45) is -3.38. The molecule has 0 bridgehead atoms. The summed E-state index contributed by atoms with van der Waals surface area (Å²) in [7, 11) is 0. The van der Waals surface area contributed by atoms with Crippen molar-refractivity contribution in [2.24, 2.45) is 0 Å². The molecule has 0 spiro atoms. The SMILES string of the molecule is CCN(CC)C(=S)Sc1nccc(C(F)(F)F)n1. The maximum absolute atomic E-state index is 12.5. The van der Waals surface area contributed by atoms with E-state index in [1.165, 1.54) is 0 Å². The van der Waals surface area contributed by atoms with E-state index >= 15 is 0 Å². The molecule has 18 heavy (non-hydrogen) atoms. The van der Waals surface area contributed by atoms with Gasteiger partial charge in [0.15, 0.2) is 5.16 Å². The number of rotatable bonds is 3. The first-order chi connectivity index (χ1) is 8.38. The third kappa shape index (κ3) is 4.09. The number of thioether (sulfide) groups is 1. The molecule has 0 fully saturated rings. The second-order valence-corrected chi connectivity index (χ2v) is 4.86. The molecule has 0 atom stereocenters. The molecule has 0 aliphatic rings. The average Bonchev–Trinajstić information content (AvgIpc) is 2.29. The Balaban J connectivity index is 2.83. The molecule has 1 rings (SSSR count). The van der Waals surface area contributed by atoms with E-state index in [0.717, 1.165) is 24.0 Å². The van der Waals surface area contributed by atoms with Gasteiger partial charge in [-0.3, -0.25) is 0 Å². The van der Waals surface area contributed by atoms with Gasteiger partial charge in [-0.25, -0.2) is 9.97 Å². The standard InChI is InChI=1S/C10H12F3N3S2/c1-3-16(4-2)9(17)18-8-14-6-5-7(15-8)10(11,12)13/h5-6H,3-4H2,1-2H3. The van der Waals surface area contributed by atoms with Gasteiger partial charge in [0, 0.05) is 19.3 Å². The number of nitrogens with zero attached hydrogens (tertiary/aromatic N) is 3. The molecule has 0 unspecified atom stereocenters. The summed E-state index contributed by atoms with van der Waals surface area (Å²) in [5.74, 6) is 0. The number of thiocarbonyl (C=S) groups is 1. The summed E-state index contributed by atoms with van der Waals surface area (Å²) in [6.45, 7) is 5.23. The van der Waals surface area contributed by atoms with Gasteiger partial charge in [-0.2, -0.15) is 13.2 Å². The van der Waals surface area contributed by atoms with Crippen molar-refractivity contribution in [3.05, 3.63) is 18.0 Å². The lowest BCUT2D eigenvalue weighted by molar-refractivity contribution is -0.141. The van der Waals surface area contributed by atoms with E-state index in [4.69, 9.17) is 12.2 Å². The van der Waals surface area contributed by atoms with Crippen LogP contribution in [0.3, 0.4) is 0 Å². The Morgan fingerprint density at radius 3 is 2.50 bits per heavy atom. The Morgan fingerprint density at radius 2 is 2.00 bits per heavy atom. The molecule has 8 heteroatoms. The Bertz CT molecular complexity index is 419. The van der Waals surface area contributed by atoms with E-state index < -0.39 is 11.9 Å². The van der Waals surface area contributed by atoms with Gasteiger partial charge in [0.1, 0.15) is 10.0 Å². The van der Waals surface area contributed by atoms with E-state index in [-0.39, 0.29) is 5.16 Å². The zero-order valence-electron chi connectivity index (χ0n) is 9.86. The van der Waals surface area contributed by atoms with Crippen molar-refractivity contribution in [3.8, 4) is 0 Å². The van der Waals surface area contributed by atoms with Crippen molar-refractivity contribution in [2.45, 2.75) is 25.2 Å². The van der Waals surface area contributed by atoms with E-state index in [9.17, 15) is 13.2 Å². The quantitative estimate of drug-likeness (QED) is 0.485. The van der Waals surface area contributed by atoms with Gasteiger partial charge in [-0.1, -0.05) is 12.2 Å². The fourth-order valence-corrected chi connectivity index (χ4v) is 2.46. The highest BCUT2D eigenvalue weighted by molar-refractivity contribution is 8.22. The van der Waals surface area contributed by atoms with Crippen LogP contribution in [0, 0.1) is 0 Å². The smallest absolute Gasteiger partial charge is 0.358 e. The molecule has 1 heterocycles. The number of hydrogen-bond acceptors (Lipinski definition) is 4. The second kappa shape index (κ2) is 6.33. The highest BCUT2D eigenvalue weighted by Gasteiger charge is 2.32. The van der Waals surface area contributed by atoms with Crippen LogP contribution in [0.2, 0.25) is 0 Å². The zero-order valence-corrected chi connectivity index (χ0v) is 11.5. The molecule has 0 amide bonds. The first kappa shape index (κ1) is 15.2. The monoisotopic (exact) mass is 295 g/mol. The summed E-state index contributed by atoms with van der Waals surface area (Å²) in [5, 5.41) is 0.0155. The van der Waals surface area contributed by atoms with Crippen molar-refractivity contribution >= 4 is 28.3 Å². The Kier molecular flexibility index (Phi) is 5.33. The number of halogens is 3. The molecule has 0 aromatic carbocycles. The van der Waals surface area contributed by atoms with Crippen molar-refractivity contribution in [3.63, 3.8) is 0 Å². The van der Waals surface area contributed by atoms with Crippen LogP contribution in [0.5, 0.6) is 0 Å². The van der Waals surface area contributed by atoms with Crippen LogP contribution >= 0.6 is 24.0 Å². The lowest BCUT2D eigenvalue weighted by Crippen LogP contribution is -2.26. The van der Waals surface area contributed by atoms with Gasteiger partial charge in [-0.05, 0) is 31.7 Å². The van der Waals surface area contributed by atoms with Crippen molar-refractivity contribution in [2.75, 3.05) is 13.1 Å². The molecule has 1 aromatic rings. The van der Waals surface area contributed by atoms with Crippen LogP contribution in [0.25, 0.3) is 0 Å². The van der Waals surface area contributed by atoms with E-state index in [2.05, 4.69) is 9.97 Å². The summed E-state index contributed by atoms with van der Waals surface area (Å²) in [6, 6.07) is 0.838. The third-order valence-electron chi connectivity index (χ3n) is 2.12. The van der Waals surface area contributed by atoms with Crippen LogP contribution in [0.1, 0.15) is 19.5 Å². The minimum absolute atomic E-state index is 0.0155. The first-order valence-electron chi connectivity index (χ1n) is 5.25. The molecule has 0 aliphatic heterocycles. The molecule has 1 aromatic heterocycles. The first-order valence-corrected chi connectivity index (χ1v) is 6.48. The second-order valence-electron chi connectivity index (χ2n) is 3.26. The summed E-state index contributed by atoms with van der Waals surface area (Å²) in [4.78, 5) is 9.08. The topological polar surface area (TPSA) is 29.0 Å². The molecule has 0 saturated carbocycles. The molecule has 0 radical (unpaired) electrons. The Labute approximate surface area is 113 Å². The minimum atomic E-state index is -4.46. The van der Waals surface area contributed by atoms with Gasteiger partial charge in [0.25, 0.3) is 0 Å². The van der Waals surface area contributed by atoms with Gasteiger partial charge in [0.05, 0.1) is 0 Å². The third-order valence-corrected chi connectivity index (χ3v) is 3.44. The molecule has 0 aliphatic carbocycles. The molecule has 0 saturated heterocycles. The fraction of sp³-hybridized carbons (Fsp3) is 0.500. The van der Waals surface area contributed by atoms with Crippen LogP contribution in [-0.2, 0) is 6.18 Å². The van der Waals surface area contributed by atoms with Crippen molar-refractivity contribution < 1.29 is 13.2 Å². The molecular formula is C10H12F3N3S2. The normalized spacial score (nSPS) is 11.4. The Hall–Kier alpha value is -0.890. The zero-order chi connectivity index (χ0) is 13.8. The van der Waals surface area contributed by atoms with E-state index in [0.29, 0.717) is 17.4 Å². The molecule has 0 N–H and O–H groups in total. The van der Waals surface area contributed by atoms with Crippen LogP contribution in [0.4, 0.5) is 13.2 Å². The maximum atomic E-state index is 12.5. The van der Waals surface area contributed by atoms with Crippen LogP contribution in [0.15, 0.2) is 17.4 Å². The lowest BCUT2D eigenvalue weighted by Gasteiger charge is -2.20. The van der Waals surface area contributed by atoms with Crippen molar-refractivity contribution in [1.29, 1.82) is 0 Å². The predicted octanol–water partition coefficient (Wildman–Crippen LogP) is 3.21. The van der Waals surface area contributed by atoms with Gasteiger partial charge < -0.3 is 4.90 Å². The lowest BCUT2D eigenvalue weighted by atomic mass is 10.4. The van der Waals surface area contributed by atoms with Crippen LogP contribution in [-0.4, -0.2) is 32.3 Å². The highest BCUT2D eigenvalue weighted by Crippen LogP contribution is 2.28. The highest BCUT2D eigenvalue weighted by atomic mass is 32.2. The predicted molar refractivity (Wildman–Crippen MR) is 68.4 cm³/mol. The molecular weight excluding hydrogens is 283 g/mol. The maximum Gasteiger partial charge on any atom is 0.433 e. The number of aromatic nitrogens is 2. The minimum Gasteiger partial charge on any atom is -0.358 e. The Morgan fingerprint density at radius 1 is 1.39 bits per heavy atom. The van der Waals surface area contributed by atoms with Crippen molar-refractivity contribution in [1.82, 2.24) is 14.9 Å². The average molecular weight is 295 g/mol. The largest absolute Gasteiger partial charge is 0.433 e. The fourth-order valence-electron chi connectivity index (χ4n) is 1.17. The van der Waals surface area contributed by atoms with Gasteiger partial charge in [-0.15, -0.1) is 0 Å². The number of alkyl halides is 3. The summed E-state index contributed by atoms with van der Waals surface area (Å²) in [5.41, 5.74) is -0.956. The number of hydrogen-bond donors (Lipinski definition) is 0. The van der Waals surface area contributed by atoms with Gasteiger partial charge >= 0.3 is 6.18 Å². The van der Waals surface area contributed by atoms with Crippen LogP contribution < -0.4 is 0 Å². The van der Waals surface area contributed by atoms with Gasteiger partial charge in [0.2, 0.25) is 0 Å². The molecule has 100 valence electrons. The summed E-state index contributed by atoms with van der Waals surface area (Å²) >= 11 is 6.09. The van der Waals surface area contributed by atoms with E-state index in [1.54, 1.807) is 0 Å². The molecule has 3 nitrogen and oxygen atoms in total. The van der Waals surface area contributed by atoms with E-state index in [1.807, 2.05) is 18.7 Å². The summed E-state index contributed by atoms with van der Waals surface area (Å²) < 4.78 is 37.8.